The monoisotopic (exact) mass is 927 g/mol. The van der Waals surface area contributed by atoms with E-state index in [-0.39, 0.29) is 37.5 Å². The zero-order valence-corrected chi connectivity index (χ0v) is 43.1. The summed E-state index contributed by atoms with van der Waals surface area (Å²) < 4.78 is 16.7. The predicted molar refractivity (Wildman–Crippen MR) is 288 cm³/mol. The average Bonchev–Trinajstić information content (AvgIpc) is 3.33. The molecule has 0 aromatic rings. The van der Waals surface area contributed by atoms with Crippen molar-refractivity contribution < 1.29 is 28.6 Å². The van der Waals surface area contributed by atoms with E-state index in [2.05, 4.69) is 142 Å². The molecule has 0 amide bonds. The Morgan fingerprint density at radius 1 is 0.328 bits per heavy atom. The van der Waals surface area contributed by atoms with Gasteiger partial charge in [-0.15, -0.1) is 0 Å². The molecule has 1 atom stereocenters. The molecular weight excluding hydrogens is 829 g/mol. The van der Waals surface area contributed by atoms with Gasteiger partial charge in [-0.05, 0) is 109 Å². The minimum absolute atomic E-state index is 0.116. The van der Waals surface area contributed by atoms with Crippen molar-refractivity contribution in [3.8, 4) is 0 Å². The summed E-state index contributed by atoms with van der Waals surface area (Å²) in [6.45, 7) is 6.30. The fourth-order valence-corrected chi connectivity index (χ4v) is 6.98. The number of hydrogen-bond acceptors (Lipinski definition) is 6. The number of esters is 3. The molecule has 1 unspecified atom stereocenters. The fraction of sp³-hybridized carbons (Fsp3) is 0.623. The van der Waals surface area contributed by atoms with Gasteiger partial charge < -0.3 is 14.2 Å². The maximum atomic E-state index is 12.8. The van der Waals surface area contributed by atoms with Gasteiger partial charge in [-0.2, -0.15) is 0 Å². The first-order chi connectivity index (χ1) is 33.0. The Morgan fingerprint density at radius 3 is 1.12 bits per heavy atom. The minimum atomic E-state index is -0.823. The topological polar surface area (TPSA) is 78.9 Å². The number of rotatable bonds is 47. The molecule has 378 valence electrons. The summed E-state index contributed by atoms with van der Waals surface area (Å²) in [6, 6.07) is 0. The van der Waals surface area contributed by atoms with Gasteiger partial charge in [0.25, 0.3) is 0 Å². The van der Waals surface area contributed by atoms with E-state index in [4.69, 9.17) is 14.2 Å². The van der Waals surface area contributed by atoms with E-state index in [9.17, 15) is 14.4 Å². The van der Waals surface area contributed by atoms with Gasteiger partial charge in [-0.3, -0.25) is 14.4 Å². The third kappa shape index (κ3) is 52.6. The Bertz CT molecular complexity index is 1440. The second-order valence-electron chi connectivity index (χ2n) is 17.4. The van der Waals surface area contributed by atoms with Crippen molar-refractivity contribution in [3.63, 3.8) is 0 Å². The van der Waals surface area contributed by atoms with Crippen LogP contribution in [0.1, 0.15) is 226 Å². The Balaban J connectivity index is 4.52. The van der Waals surface area contributed by atoms with E-state index >= 15 is 0 Å². The van der Waals surface area contributed by atoms with Crippen LogP contribution < -0.4 is 0 Å². The molecule has 0 spiro atoms. The third-order valence-electron chi connectivity index (χ3n) is 11.0. The van der Waals surface area contributed by atoms with Crippen LogP contribution in [-0.4, -0.2) is 37.2 Å². The molecule has 0 rings (SSSR count). The molecular formula is C61H98O6. The smallest absolute Gasteiger partial charge is 0.306 e. The van der Waals surface area contributed by atoms with Crippen molar-refractivity contribution >= 4 is 17.9 Å². The van der Waals surface area contributed by atoms with E-state index in [1.807, 2.05) is 0 Å². The molecule has 0 N–H and O–H groups in total. The van der Waals surface area contributed by atoms with Crippen LogP contribution in [0, 0.1) is 0 Å². The second kappa shape index (κ2) is 54.4. The van der Waals surface area contributed by atoms with Crippen LogP contribution in [0.5, 0.6) is 0 Å². The first kappa shape index (κ1) is 62.8. The summed E-state index contributed by atoms with van der Waals surface area (Å²) in [7, 11) is 0. The van der Waals surface area contributed by atoms with Gasteiger partial charge in [-0.1, -0.05) is 219 Å². The lowest BCUT2D eigenvalue weighted by molar-refractivity contribution is -0.167. The number of carbonyl (C=O) groups excluding carboxylic acids is 3. The van der Waals surface area contributed by atoms with Crippen LogP contribution in [0.15, 0.2) is 122 Å². The second-order valence-corrected chi connectivity index (χ2v) is 17.4. The van der Waals surface area contributed by atoms with Crippen molar-refractivity contribution in [2.75, 3.05) is 13.2 Å². The van der Waals surface area contributed by atoms with Crippen LogP contribution in [0.4, 0.5) is 0 Å². The maximum Gasteiger partial charge on any atom is 0.306 e. The van der Waals surface area contributed by atoms with Gasteiger partial charge in [-0.25, -0.2) is 0 Å². The molecule has 0 fully saturated rings. The summed E-state index contributed by atoms with van der Waals surface area (Å²) in [4.78, 5) is 38.0. The maximum absolute atomic E-state index is 12.8. The highest BCUT2D eigenvalue weighted by Crippen LogP contribution is 2.13. The summed E-state index contributed by atoms with van der Waals surface area (Å²) in [5, 5.41) is 0. The highest BCUT2D eigenvalue weighted by molar-refractivity contribution is 5.71. The Morgan fingerprint density at radius 2 is 0.672 bits per heavy atom. The molecule has 0 aromatic carbocycles. The van der Waals surface area contributed by atoms with E-state index in [0.717, 1.165) is 122 Å². The van der Waals surface area contributed by atoms with E-state index in [1.165, 1.54) is 57.8 Å². The van der Waals surface area contributed by atoms with Crippen LogP contribution in [0.2, 0.25) is 0 Å². The molecule has 0 bridgehead atoms. The largest absolute Gasteiger partial charge is 0.462 e. The lowest BCUT2D eigenvalue weighted by atomic mass is 10.1. The van der Waals surface area contributed by atoms with E-state index in [1.54, 1.807) is 0 Å². The quantitative estimate of drug-likeness (QED) is 0.0199. The van der Waals surface area contributed by atoms with Crippen molar-refractivity contribution in [1.82, 2.24) is 0 Å². The molecule has 0 heterocycles. The summed E-state index contributed by atoms with van der Waals surface area (Å²) in [5.74, 6) is -1.01. The predicted octanol–water partition coefficient (Wildman–Crippen LogP) is 18.1. The fourth-order valence-electron chi connectivity index (χ4n) is 6.98. The molecule has 6 heteroatoms. The molecule has 0 aliphatic heterocycles. The first-order valence-electron chi connectivity index (χ1n) is 27.1. The summed E-state index contributed by atoms with van der Waals surface area (Å²) >= 11 is 0. The highest BCUT2D eigenvalue weighted by atomic mass is 16.6. The van der Waals surface area contributed by atoms with Gasteiger partial charge in [0.1, 0.15) is 13.2 Å². The zero-order chi connectivity index (χ0) is 48.6. The van der Waals surface area contributed by atoms with Crippen molar-refractivity contribution in [3.05, 3.63) is 122 Å². The number of hydrogen-bond donors (Lipinski definition) is 0. The van der Waals surface area contributed by atoms with Crippen LogP contribution in [-0.2, 0) is 28.6 Å². The van der Waals surface area contributed by atoms with E-state index < -0.39 is 6.10 Å². The Kier molecular flexibility index (Phi) is 51.0. The molecule has 67 heavy (non-hydrogen) atoms. The summed E-state index contributed by atoms with van der Waals surface area (Å²) in [5.41, 5.74) is 0. The van der Waals surface area contributed by atoms with Gasteiger partial charge in [0.15, 0.2) is 6.10 Å². The molecule has 6 nitrogen and oxygen atoms in total. The van der Waals surface area contributed by atoms with Gasteiger partial charge >= 0.3 is 17.9 Å². The van der Waals surface area contributed by atoms with Crippen LogP contribution >= 0.6 is 0 Å². The minimum Gasteiger partial charge on any atom is -0.462 e. The zero-order valence-electron chi connectivity index (χ0n) is 43.1. The van der Waals surface area contributed by atoms with Gasteiger partial charge in [0.05, 0.1) is 0 Å². The number of unbranched alkanes of at least 4 members (excludes halogenated alkanes) is 18. The number of ether oxygens (including phenoxy) is 3. The molecule has 0 saturated carbocycles. The number of carbonyl (C=O) groups is 3. The van der Waals surface area contributed by atoms with Crippen molar-refractivity contribution in [2.45, 2.75) is 232 Å². The standard InChI is InChI=1S/C61H98O6/c1-4-7-10-13-16-19-22-25-27-29-30-32-33-36-39-42-45-48-51-54-60(63)66-57-58(56-65-59(62)53-50-47-44-41-38-35-24-21-18-15-12-9-6-3)67-61(64)55-52-49-46-43-40-37-34-31-28-26-23-20-17-14-11-8-5-2/h7,9-10,12,15-16,18-19,21,24-28,30,32,34,37,43,46,58H,4-6,8,11,13-14,17,20,22-23,29,31,33,35-36,38-42,44-45,47-57H2,1-3H3/b10-7-,12-9-,18-15-,19-16-,24-21-,27-25-,28-26-,32-30-,37-34-,46-43-. The van der Waals surface area contributed by atoms with E-state index in [0.29, 0.717) is 19.3 Å². The Labute approximate surface area is 412 Å². The average molecular weight is 927 g/mol. The van der Waals surface area contributed by atoms with Crippen molar-refractivity contribution in [2.24, 2.45) is 0 Å². The molecule has 0 aliphatic carbocycles. The highest BCUT2D eigenvalue weighted by Gasteiger charge is 2.19. The lowest BCUT2D eigenvalue weighted by Crippen LogP contribution is -2.30. The van der Waals surface area contributed by atoms with Crippen LogP contribution in [0.25, 0.3) is 0 Å². The van der Waals surface area contributed by atoms with Gasteiger partial charge in [0.2, 0.25) is 0 Å². The molecule has 0 saturated heterocycles. The van der Waals surface area contributed by atoms with Gasteiger partial charge in [0, 0.05) is 19.3 Å². The number of allylic oxidation sites excluding steroid dienone is 20. The third-order valence-corrected chi connectivity index (χ3v) is 11.0. The van der Waals surface area contributed by atoms with Crippen LogP contribution in [0.3, 0.4) is 0 Å². The normalized spacial score (nSPS) is 13.1. The van der Waals surface area contributed by atoms with Crippen molar-refractivity contribution in [1.29, 1.82) is 0 Å². The molecule has 0 aromatic heterocycles. The lowest BCUT2D eigenvalue weighted by Gasteiger charge is -2.18. The first-order valence-corrected chi connectivity index (χ1v) is 27.1. The SMILES string of the molecule is CC\C=C/C=C\C=C/CCCCCCCC(=O)OCC(COC(=O)CCCCCCCC/C=C\C/C=C\C/C=C\C/C=C\CC)OC(=O)CCC/C=C\C/C=C\C/C=C\CCCCCCCC. The summed E-state index contributed by atoms with van der Waals surface area (Å²) in [6.07, 6.45) is 74.7. The molecule has 0 aliphatic rings. The molecule has 0 radical (unpaired) electrons. The Hall–Kier alpha value is -4.19.